The molecule has 0 aliphatic heterocycles. The Morgan fingerprint density at radius 1 is 1.25 bits per heavy atom. The first-order valence-corrected chi connectivity index (χ1v) is 7.51. The Balaban J connectivity index is 2.47. The van der Waals surface area contributed by atoms with Crippen LogP contribution in [0.1, 0.15) is 5.56 Å². The number of para-hydroxylation sites is 1. The van der Waals surface area contributed by atoms with E-state index < -0.39 is 10.0 Å². The molecule has 0 radical (unpaired) electrons. The van der Waals surface area contributed by atoms with Crippen molar-refractivity contribution in [2.45, 2.75) is 11.9 Å². The predicted octanol–water partition coefficient (Wildman–Crippen LogP) is 2.13. The van der Waals surface area contributed by atoms with E-state index in [2.05, 4.69) is 15.1 Å². The summed E-state index contributed by atoms with van der Waals surface area (Å²) in [6, 6.07) is 8.19. The molecule has 106 valence electrons. The van der Waals surface area contributed by atoms with Gasteiger partial charge in [-0.3, -0.25) is 10.6 Å². The number of hydrazine groups is 1. The van der Waals surface area contributed by atoms with E-state index in [0.29, 0.717) is 16.3 Å². The minimum atomic E-state index is -3.89. The topological polar surface area (TPSA) is 97.1 Å². The molecule has 8 heteroatoms. The number of aromatic nitrogens is 1. The summed E-state index contributed by atoms with van der Waals surface area (Å²) in [7, 11) is -3.89. The second kappa shape index (κ2) is 5.66. The normalized spacial score (nSPS) is 11.2. The van der Waals surface area contributed by atoms with Crippen molar-refractivity contribution in [2.24, 2.45) is 5.84 Å². The number of nitrogens with one attached hydrogen (secondary N) is 2. The van der Waals surface area contributed by atoms with Crippen LogP contribution in [0.15, 0.2) is 41.6 Å². The van der Waals surface area contributed by atoms with Gasteiger partial charge in [-0.15, -0.1) is 0 Å². The number of aryl methyl sites for hydroxylation is 1. The minimum absolute atomic E-state index is 0.193. The maximum atomic E-state index is 12.4. The van der Waals surface area contributed by atoms with Crippen LogP contribution in [0.4, 0.5) is 11.4 Å². The van der Waals surface area contributed by atoms with Crippen molar-refractivity contribution in [1.82, 2.24) is 4.98 Å². The molecule has 1 aromatic carbocycles. The molecule has 0 atom stereocenters. The summed E-state index contributed by atoms with van der Waals surface area (Å²) in [6.45, 7) is 1.75. The molecular formula is C12H13ClN4O2S. The molecule has 0 aliphatic rings. The molecule has 0 unspecified atom stereocenters. The predicted molar refractivity (Wildman–Crippen MR) is 79.0 cm³/mol. The number of pyridine rings is 1. The largest absolute Gasteiger partial charge is 0.321 e. The van der Waals surface area contributed by atoms with Crippen LogP contribution in [0.5, 0.6) is 0 Å². The lowest BCUT2D eigenvalue weighted by Crippen LogP contribution is -2.19. The molecule has 0 spiro atoms. The Labute approximate surface area is 122 Å². The Morgan fingerprint density at radius 2 is 2.00 bits per heavy atom. The van der Waals surface area contributed by atoms with E-state index in [0.717, 1.165) is 0 Å². The van der Waals surface area contributed by atoms with E-state index in [9.17, 15) is 8.42 Å². The molecule has 2 aromatic rings. The van der Waals surface area contributed by atoms with Gasteiger partial charge in [0.15, 0.2) is 0 Å². The van der Waals surface area contributed by atoms with Crippen LogP contribution in [0.2, 0.25) is 5.02 Å². The Morgan fingerprint density at radius 3 is 2.65 bits per heavy atom. The monoisotopic (exact) mass is 312 g/mol. The highest BCUT2D eigenvalue weighted by molar-refractivity contribution is 7.92. The van der Waals surface area contributed by atoms with Gasteiger partial charge in [0.1, 0.15) is 0 Å². The van der Waals surface area contributed by atoms with E-state index in [1.807, 2.05) is 0 Å². The lowest BCUT2D eigenvalue weighted by molar-refractivity contribution is 0.598. The first-order valence-electron chi connectivity index (χ1n) is 5.65. The second-order valence-electron chi connectivity index (χ2n) is 4.04. The third-order valence-corrected chi connectivity index (χ3v) is 4.26. The highest BCUT2D eigenvalue weighted by Gasteiger charge is 2.21. The molecule has 0 amide bonds. The quantitative estimate of drug-likeness (QED) is 0.593. The van der Waals surface area contributed by atoms with Crippen molar-refractivity contribution >= 4 is 33.0 Å². The summed E-state index contributed by atoms with van der Waals surface area (Å²) in [4.78, 5) is 3.84. The summed E-state index contributed by atoms with van der Waals surface area (Å²) in [5.41, 5.74) is 3.53. The number of nitrogens with two attached hydrogens (primary N) is 1. The van der Waals surface area contributed by atoms with E-state index in [1.54, 1.807) is 31.2 Å². The Kier molecular flexibility index (Phi) is 4.12. The van der Waals surface area contributed by atoms with Gasteiger partial charge < -0.3 is 5.43 Å². The summed E-state index contributed by atoms with van der Waals surface area (Å²) in [5.74, 6) is 5.29. The summed E-state index contributed by atoms with van der Waals surface area (Å²) in [6.07, 6.45) is 1.37. The fourth-order valence-corrected chi connectivity index (χ4v) is 3.24. The third-order valence-electron chi connectivity index (χ3n) is 2.64. The number of rotatable bonds is 4. The van der Waals surface area contributed by atoms with Gasteiger partial charge in [0.2, 0.25) is 5.03 Å². The van der Waals surface area contributed by atoms with E-state index in [-0.39, 0.29) is 10.7 Å². The molecule has 0 bridgehead atoms. The Hall–Kier alpha value is -1.83. The standard InChI is InChI=1S/C12H13ClN4O2S/c1-8-4-2-5-9(13)11(8)17-20(18,19)12-10(16-14)6-3-7-15-12/h2-7,16-17H,14H2,1H3. The number of anilines is 2. The van der Waals surface area contributed by atoms with Crippen LogP contribution < -0.4 is 16.0 Å². The van der Waals surface area contributed by atoms with Gasteiger partial charge in [-0.2, -0.15) is 8.42 Å². The second-order valence-corrected chi connectivity index (χ2v) is 6.04. The molecule has 1 heterocycles. The number of nitrogens with zero attached hydrogens (tertiary/aromatic N) is 1. The Bertz CT molecular complexity index is 714. The van der Waals surface area contributed by atoms with Crippen molar-refractivity contribution < 1.29 is 8.42 Å². The lowest BCUT2D eigenvalue weighted by atomic mass is 10.2. The van der Waals surface area contributed by atoms with E-state index in [4.69, 9.17) is 17.4 Å². The zero-order valence-electron chi connectivity index (χ0n) is 10.6. The molecule has 0 aliphatic carbocycles. The summed E-state index contributed by atoms with van der Waals surface area (Å²) >= 11 is 6.01. The number of sulfonamides is 1. The zero-order chi connectivity index (χ0) is 14.8. The van der Waals surface area contributed by atoms with Crippen LogP contribution in [0.3, 0.4) is 0 Å². The fourth-order valence-electron chi connectivity index (χ4n) is 1.66. The van der Waals surface area contributed by atoms with E-state index in [1.165, 1.54) is 12.3 Å². The first kappa shape index (κ1) is 14.6. The zero-order valence-corrected chi connectivity index (χ0v) is 12.2. The average molecular weight is 313 g/mol. The average Bonchev–Trinajstić information content (AvgIpc) is 2.43. The summed E-state index contributed by atoms with van der Waals surface area (Å²) < 4.78 is 27.1. The van der Waals surface area contributed by atoms with Crippen LogP contribution in [-0.2, 0) is 10.0 Å². The van der Waals surface area contributed by atoms with E-state index >= 15 is 0 Å². The van der Waals surface area contributed by atoms with Gasteiger partial charge in [0.05, 0.1) is 16.4 Å². The molecule has 0 saturated heterocycles. The molecule has 0 fully saturated rings. The minimum Gasteiger partial charge on any atom is -0.321 e. The van der Waals surface area contributed by atoms with Gasteiger partial charge in [-0.1, -0.05) is 23.7 Å². The lowest BCUT2D eigenvalue weighted by Gasteiger charge is -2.13. The maximum absolute atomic E-state index is 12.4. The molecule has 20 heavy (non-hydrogen) atoms. The van der Waals surface area contributed by atoms with Crippen LogP contribution in [0.25, 0.3) is 0 Å². The summed E-state index contributed by atoms with van der Waals surface area (Å²) in [5, 5.41) is 0.119. The smallest absolute Gasteiger partial charge is 0.281 e. The van der Waals surface area contributed by atoms with Crippen molar-refractivity contribution in [1.29, 1.82) is 0 Å². The van der Waals surface area contributed by atoms with Crippen molar-refractivity contribution in [3.8, 4) is 0 Å². The van der Waals surface area contributed by atoms with Gasteiger partial charge in [-0.25, -0.2) is 4.98 Å². The van der Waals surface area contributed by atoms with Crippen LogP contribution >= 0.6 is 11.6 Å². The maximum Gasteiger partial charge on any atom is 0.281 e. The number of halogens is 1. The molecule has 0 saturated carbocycles. The number of nitrogen functional groups attached to an aromatic ring is 1. The van der Waals surface area contributed by atoms with Gasteiger partial charge in [0, 0.05) is 6.20 Å². The SMILES string of the molecule is Cc1cccc(Cl)c1NS(=O)(=O)c1ncccc1NN. The third kappa shape index (κ3) is 2.84. The highest BCUT2D eigenvalue weighted by Crippen LogP contribution is 2.28. The van der Waals surface area contributed by atoms with Crippen LogP contribution in [-0.4, -0.2) is 13.4 Å². The fraction of sp³-hybridized carbons (Fsp3) is 0.0833. The highest BCUT2D eigenvalue weighted by atomic mass is 35.5. The van der Waals surface area contributed by atoms with Crippen molar-refractivity contribution in [3.63, 3.8) is 0 Å². The molecule has 1 aromatic heterocycles. The molecule has 6 nitrogen and oxygen atoms in total. The number of hydrogen-bond donors (Lipinski definition) is 3. The molecule has 2 rings (SSSR count). The molecular weight excluding hydrogens is 300 g/mol. The number of benzene rings is 1. The van der Waals surface area contributed by atoms with Gasteiger partial charge >= 0.3 is 0 Å². The van der Waals surface area contributed by atoms with Gasteiger partial charge in [-0.05, 0) is 30.7 Å². The van der Waals surface area contributed by atoms with Gasteiger partial charge in [0.25, 0.3) is 10.0 Å². The molecule has 4 N–H and O–H groups in total. The van der Waals surface area contributed by atoms with Crippen LogP contribution in [0, 0.1) is 6.92 Å². The number of hydrogen-bond acceptors (Lipinski definition) is 5. The van der Waals surface area contributed by atoms with Crippen molar-refractivity contribution in [3.05, 3.63) is 47.1 Å². The first-order chi connectivity index (χ1) is 9.45. The van der Waals surface area contributed by atoms with Crippen molar-refractivity contribution in [2.75, 3.05) is 10.1 Å².